The fourth-order valence-electron chi connectivity index (χ4n) is 2.90. The molecule has 156 valence electrons. The summed E-state index contributed by atoms with van der Waals surface area (Å²) >= 11 is 0. The number of nitrogens with zero attached hydrogens (tertiary/aromatic N) is 4. The van der Waals surface area contributed by atoms with Crippen molar-refractivity contribution in [2.45, 2.75) is 19.4 Å². The molecule has 0 unspecified atom stereocenters. The third-order valence-corrected chi connectivity index (χ3v) is 5.70. The average Bonchev–Trinajstić information content (AvgIpc) is 2.67. The first kappa shape index (κ1) is 20.9. The van der Waals surface area contributed by atoms with Gasteiger partial charge in [0, 0.05) is 18.8 Å². The first-order valence-corrected chi connectivity index (χ1v) is 10.7. The van der Waals surface area contributed by atoms with Gasteiger partial charge in [-0.2, -0.15) is 15.0 Å². The van der Waals surface area contributed by atoms with Crippen molar-refractivity contribution in [3.05, 3.63) is 35.9 Å². The molecule has 1 aliphatic heterocycles. The third kappa shape index (κ3) is 5.81. The molecular weight excluding hydrogens is 403 g/mol. The molecule has 0 atom stereocenters. The quantitative estimate of drug-likeness (QED) is 0.651. The fraction of sp³-hybridized carbons (Fsp3) is 0.412. The number of nitrogens with two attached hydrogens (primary N) is 1. The van der Waals surface area contributed by atoms with Gasteiger partial charge in [-0.1, -0.05) is 0 Å². The maximum Gasteiger partial charge on any atom is 0.309 e. The van der Waals surface area contributed by atoms with E-state index in [1.54, 1.807) is 0 Å². The monoisotopic (exact) mass is 424 g/mol. The van der Waals surface area contributed by atoms with Gasteiger partial charge in [-0.05, 0) is 37.1 Å². The Bertz CT molecular complexity index is 978. The lowest BCUT2D eigenvalue weighted by Gasteiger charge is -2.28. The van der Waals surface area contributed by atoms with Gasteiger partial charge in [-0.25, -0.2) is 17.1 Å². The molecule has 1 aromatic heterocycles. The number of sulfonamides is 1. The summed E-state index contributed by atoms with van der Waals surface area (Å²) in [4.78, 5) is 24.3. The van der Waals surface area contributed by atoms with Crippen LogP contribution in [-0.4, -0.2) is 53.0 Å². The van der Waals surface area contributed by atoms with Gasteiger partial charge < -0.3 is 15.8 Å². The molecule has 1 aromatic carbocycles. The minimum atomic E-state index is -3.26. The zero-order valence-electron chi connectivity index (χ0n) is 15.7. The molecule has 29 heavy (non-hydrogen) atoms. The average molecular weight is 424 g/mol. The van der Waals surface area contributed by atoms with Crippen molar-refractivity contribution >= 4 is 33.6 Å². The number of hydrogen-bond donors (Lipinski definition) is 2. The lowest BCUT2D eigenvalue weighted by Crippen LogP contribution is -2.40. The molecule has 2 aromatic rings. The predicted molar refractivity (Wildman–Crippen MR) is 103 cm³/mol. The lowest BCUT2D eigenvalue weighted by atomic mass is 9.98. The Morgan fingerprint density at radius 3 is 2.52 bits per heavy atom. The molecule has 3 N–H and O–H groups in total. The second kappa shape index (κ2) is 8.66. The molecule has 0 bridgehead atoms. The lowest BCUT2D eigenvalue weighted by molar-refractivity contribution is -0.151. The van der Waals surface area contributed by atoms with E-state index in [0.29, 0.717) is 18.5 Å². The number of halogens is 1. The van der Waals surface area contributed by atoms with E-state index >= 15 is 0 Å². The van der Waals surface area contributed by atoms with E-state index in [1.165, 1.54) is 28.6 Å². The highest BCUT2D eigenvalue weighted by Crippen LogP contribution is 2.21. The summed E-state index contributed by atoms with van der Waals surface area (Å²) in [6.45, 7) is 0.363. The standard InChI is InChI=1S/C17H21FN6O4S/c1-29(26,27)24-8-6-11(7-9-24)15(25)28-10-14-21-16(19)23-17(22-14)20-13-4-2-12(18)3-5-13/h2-5,11H,6-10H2,1H3,(H3,19,20,21,22,23). The van der Waals surface area contributed by atoms with E-state index < -0.39 is 16.0 Å². The SMILES string of the molecule is CS(=O)(=O)N1CCC(C(=O)OCc2nc(N)nc(Nc3ccc(F)cc3)n2)CC1. The largest absolute Gasteiger partial charge is 0.457 e. The summed E-state index contributed by atoms with van der Waals surface area (Å²) in [5.41, 5.74) is 6.23. The molecule has 1 fully saturated rings. The number of nitrogens with one attached hydrogen (secondary N) is 1. The van der Waals surface area contributed by atoms with Crippen LogP contribution in [0.2, 0.25) is 0 Å². The summed E-state index contributed by atoms with van der Waals surface area (Å²) in [6.07, 6.45) is 1.93. The predicted octanol–water partition coefficient (Wildman–Crippen LogP) is 1.05. The molecule has 2 heterocycles. The zero-order valence-corrected chi connectivity index (χ0v) is 16.5. The van der Waals surface area contributed by atoms with Gasteiger partial charge in [0.15, 0.2) is 12.4 Å². The Morgan fingerprint density at radius 2 is 1.90 bits per heavy atom. The Balaban J connectivity index is 1.57. The van der Waals surface area contributed by atoms with Crippen LogP contribution in [0.25, 0.3) is 0 Å². The second-order valence-electron chi connectivity index (χ2n) is 6.61. The van der Waals surface area contributed by atoms with Crippen molar-refractivity contribution in [3.8, 4) is 0 Å². The van der Waals surface area contributed by atoms with Gasteiger partial charge in [-0.15, -0.1) is 0 Å². The van der Waals surface area contributed by atoms with Crippen molar-refractivity contribution in [2.24, 2.45) is 5.92 Å². The molecule has 0 radical (unpaired) electrons. The van der Waals surface area contributed by atoms with Crippen molar-refractivity contribution in [2.75, 3.05) is 30.4 Å². The molecule has 0 amide bonds. The number of ether oxygens (including phenoxy) is 1. The molecule has 0 spiro atoms. The summed E-state index contributed by atoms with van der Waals surface area (Å²) in [5, 5.41) is 2.87. The normalized spacial score (nSPS) is 15.8. The van der Waals surface area contributed by atoms with Crippen molar-refractivity contribution in [1.82, 2.24) is 19.3 Å². The van der Waals surface area contributed by atoms with E-state index in [1.807, 2.05) is 0 Å². The van der Waals surface area contributed by atoms with Crippen molar-refractivity contribution in [3.63, 3.8) is 0 Å². The smallest absolute Gasteiger partial charge is 0.309 e. The Labute approximate surface area is 167 Å². The van der Waals surface area contributed by atoms with Crippen LogP contribution in [0.4, 0.5) is 22.0 Å². The second-order valence-corrected chi connectivity index (χ2v) is 8.59. The number of anilines is 3. The number of piperidine rings is 1. The van der Waals surface area contributed by atoms with Gasteiger partial charge in [0.2, 0.25) is 21.9 Å². The molecule has 1 aliphatic rings. The summed E-state index contributed by atoms with van der Waals surface area (Å²) in [5.74, 6) is -0.965. The number of benzene rings is 1. The van der Waals surface area contributed by atoms with Crippen molar-refractivity contribution < 1.29 is 22.3 Å². The number of esters is 1. The third-order valence-electron chi connectivity index (χ3n) is 4.40. The number of carbonyl (C=O) groups excluding carboxylic acids is 1. The van der Waals surface area contributed by atoms with Gasteiger partial charge in [-0.3, -0.25) is 4.79 Å². The highest BCUT2D eigenvalue weighted by atomic mass is 32.2. The molecule has 3 rings (SSSR count). The van der Waals surface area contributed by atoms with Crippen LogP contribution in [-0.2, 0) is 26.2 Å². The minimum Gasteiger partial charge on any atom is -0.457 e. The maximum atomic E-state index is 13.0. The summed E-state index contributed by atoms with van der Waals surface area (Å²) < 4.78 is 42.7. The van der Waals surface area contributed by atoms with Crippen LogP contribution in [0.3, 0.4) is 0 Å². The van der Waals surface area contributed by atoms with Crippen LogP contribution in [0.15, 0.2) is 24.3 Å². The zero-order chi connectivity index (χ0) is 21.0. The molecular formula is C17H21FN6O4S. The topological polar surface area (TPSA) is 140 Å². The molecule has 0 saturated carbocycles. The van der Waals surface area contributed by atoms with Gasteiger partial charge in [0.1, 0.15) is 5.82 Å². The summed E-state index contributed by atoms with van der Waals surface area (Å²) in [6, 6.07) is 5.59. The first-order chi connectivity index (χ1) is 13.7. The van der Waals surface area contributed by atoms with Crippen LogP contribution in [0, 0.1) is 11.7 Å². The number of nitrogen functional groups attached to an aromatic ring is 1. The maximum absolute atomic E-state index is 13.0. The molecule has 0 aliphatic carbocycles. The minimum absolute atomic E-state index is 0.0582. The number of rotatable bonds is 6. The van der Waals surface area contributed by atoms with E-state index in [-0.39, 0.29) is 49.2 Å². The molecule has 10 nitrogen and oxygen atoms in total. The Kier molecular flexibility index (Phi) is 6.23. The van der Waals surface area contributed by atoms with Crippen LogP contribution in [0.1, 0.15) is 18.7 Å². The Morgan fingerprint density at radius 1 is 1.24 bits per heavy atom. The van der Waals surface area contributed by atoms with Crippen LogP contribution in [0.5, 0.6) is 0 Å². The first-order valence-electron chi connectivity index (χ1n) is 8.85. The van der Waals surface area contributed by atoms with Gasteiger partial charge in [0.25, 0.3) is 0 Å². The van der Waals surface area contributed by atoms with E-state index in [9.17, 15) is 17.6 Å². The van der Waals surface area contributed by atoms with E-state index in [4.69, 9.17) is 10.5 Å². The number of hydrogen-bond acceptors (Lipinski definition) is 9. The number of carbonyl (C=O) groups is 1. The summed E-state index contributed by atoms with van der Waals surface area (Å²) in [7, 11) is -3.26. The van der Waals surface area contributed by atoms with E-state index in [2.05, 4.69) is 20.3 Å². The fourth-order valence-corrected chi connectivity index (χ4v) is 3.77. The van der Waals surface area contributed by atoms with Crippen molar-refractivity contribution in [1.29, 1.82) is 0 Å². The van der Waals surface area contributed by atoms with Gasteiger partial charge in [0.05, 0.1) is 12.2 Å². The van der Waals surface area contributed by atoms with E-state index in [0.717, 1.165) is 6.26 Å². The Hall–Kier alpha value is -2.86. The highest BCUT2D eigenvalue weighted by Gasteiger charge is 2.30. The highest BCUT2D eigenvalue weighted by molar-refractivity contribution is 7.88. The molecule has 12 heteroatoms. The van der Waals surface area contributed by atoms with Crippen LogP contribution >= 0.6 is 0 Å². The number of aromatic nitrogens is 3. The molecule has 1 saturated heterocycles. The van der Waals surface area contributed by atoms with Gasteiger partial charge >= 0.3 is 5.97 Å². The van der Waals surface area contributed by atoms with Crippen LogP contribution < -0.4 is 11.1 Å².